The third-order valence-electron chi connectivity index (χ3n) is 3.31. The highest BCUT2D eigenvalue weighted by atomic mass is 32.1. The van der Waals surface area contributed by atoms with Crippen LogP contribution >= 0.6 is 11.3 Å². The van der Waals surface area contributed by atoms with Crippen molar-refractivity contribution in [3.63, 3.8) is 0 Å². The summed E-state index contributed by atoms with van der Waals surface area (Å²) in [6.07, 6.45) is 3.47. The first kappa shape index (κ1) is 13.8. The average molecular weight is 301 g/mol. The summed E-state index contributed by atoms with van der Waals surface area (Å²) in [5.74, 6) is -0.657. The van der Waals surface area contributed by atoms with Gasteiger partial charge in [-0.15, -0.1) is 11.3 Å². The van der Waals surface area contributed by atoms with E-state index in [1.165, 1.54) is 11.3 Å². The van der Waals surface area contributed by atoms with Crippen molar-refractivity contribution in [2.45, 2.75) is 26.2 Å². The predicted octanol–water partition coefficient (Wildman–Crippen LogP) is 3.21. The number of rotatable bonds is 4. The summed E-state index contributed by atoms with van der Waals surface area (Å²) in [5, 5.41) is 11.2. The fraction of sp³-hybridized carbons (Fsp3) is 0.267. The fourth-order valence-electron chi connectivity index (χ4n) is 2.42. The first-order valence-corrected chi connectivity index (χ1v) is 7.56. The van der Waals surface area contributed by atoms with Crippen molar-refractivity contribution >= 4 is 22.3 Å². The maximum absolute atomic E-state index is 11.2. The van der Waals surface area contributed by atoms with Gasteiger partial charge in [-0.2, -0.15) is 0 Å². The number of fused-ring (bicyclic) bond motifs is 1. The molecule has 0 fully saturated rings. The molecule has 0 aliphatic heterocycles. The number of aromatic nitrogens is 3. The van der Waals surface area contributed by atoms with Gasteiger partial charge >= 0.3 is 5.97 Å². The number of nitrogens with zero attached hydrogens (tertiary/aromatic N) is 3. The topological polar surface area (TPSA) is 67.5 Å². The molecule has 0 amide bonds. The molecule has 0 bridgehead atoms. The van der Waals surface area contributed by atoms with Gasteiger partial charge in [-0.3, -0.25) is 14.2 Å². The molecule has 0 radical (unpaired) electrons. The number of aliphatic carboxylic acids is 1. The van der Waals surface area contributed by atoms with Crippen molar-refractivity contribution in [3.05, 3.63) is 41.3 Å². The maximum atomic E-state index is 11.2. The highest BCUT2D eigenvalue weighted by Crippen LogP contribution is 2.31. The Kier molecular flexibility index (Phi) is 3.47. The summed E-state index contributed by atoms with van der Waals surface area (Å²) in [6, 6.07) is 3.84. The summed E-state index contributed by atoms with van der Waals surface area (Å²) in [6.45, 7) is 4.06. The molecular weight excluding hydrogens is 286 g/mol. The fourth-order valence-corrected chi connectivity index (χ4v) is 3.35. The van der Waals surface area contributed by atoms with Crippen LogP contribution in [0.15, 0.2) is 29.9 Å². The summed E-state index contributed by atoms with van der Waals surface area (Å²) in [7, 11) is 0. The molecule has 108 valence electrons. The largest absolute Gasteiger partial charge is 0.481 e. The van der Waals surface area contributed by atoms with Crippen molar-refractivity contribution in [2.75, 3.05) is 0 Å². The lowest BCUT2D eigenvalue weighted by Gasteiger charge is -2.07. The van der Waals surface area contributed by atoms with Gasteiger partial charge in [0.1, 0.15) is 0 Å². The molecule has 6 heteroatoms. The molecule has 3 aromatic heterocycles. The third-order valence-corrected chi connectivity index (χ3v) is 4.14. The molecule has 0 aliphatic rings. The Balaban J connectivity index is 2.26. The van der Waals surface area contributed by atoms with Gasteiger partial charge < -0.3 is 5.11 Å². The molecule has 3 heterocycles. The first-order valence-electron chi connectivity index (χ1n) is 6.69. The van der Waals surface area contributed by atoms with Crippen LogP contribution in [0.3, 0.4) is 0 Å². The second-order valence-corrected chi connectivity index (χ2v) is 5.99. The number of imidazole rings is 1. The van der Waals surface area contributed by atoms with Gasteiger partial charge in [0, 0.05) is 23.3 Å². The standard InChI is InChI=1S/C15H15N3O2S/c1-9(2)14-11(6-13(19)20)18-12(8-21-15(18)17-14)10-4-3-5-16-7-10/h3-5,7-9H,6H2,1-2H3,(H,19,20). The average Bonchev–Trinajstić information content (AvgIpc) is 3.00. The van der Waals surface area contributed by atoms with E-state index in [1.807, 2.05) is 35.8 Å². The van der Waals surface area contributed by atoms with Gasteiger partial charge in [0.05, 0.1) is 23.5 Å². The van der Waals surface area contributed by atoms with Crippen molar-refractivity contribution in [2.24, 2.45) is 0 Å². The van der Waals surface area contributed by atoms with Crippen molar-refractivity contribution in [1.82, 2.24) is 14.4 Å². The summed E-state index contributed by atoms with van der Waals surface area (Å²) in [4.78, 5) is 20.8. The molecule has 0 unspecified atom stereocenters. The van der Waals surface area contributed by atoms with E-state index in [2.05, 4.69) is 9.97 Å². The van der Waals surface area contributed by atoms with Crippen LogP contribution in [0.5, 0.6) is 0 Å². The Hall–Kier alpha value is -2.21. The monoisotopic (exact) mass is 301 g/mol. The van der Waals surface area contributed by atoms with Gasteiger partial charge in [-0.1, -0.05) is 13.8 Å². The molecule has 0 saturated carbocycles. The van der Waals surface area contributed by atoms with Crippen LogP contribution in [-0.2, 0) is 11.2 Å². The van der Waals surface area contributed by atoms with Crippen LogP contribution < -0.4 is 0 Å². The number of carbonyl (C=O) groups is 1. The van der Waals surface area contributed by atoms with Crippen LogP contribution in [0.4, 0.5) is 0 Å². The van der Waals surface area contributed by atoms with Gasteiger partial charge in [0.15, 0.2) is 4.96 Å². The number of carboxylic acid groups (broad SMARTS) is 1. The minimum atomic E-state index is -0.845. The predicted molar refractivity (Wildman–Crippen MR) is 81.7 cm³/mol. The first-order chi connectivity index (χ1) is 10.1. The molecule has 3 aromatic rings. The highest BCUT2D eigenvalue weighted by Gasteiger charge is 2.21. The van der Waals surface area contributed by atoms with Gasteiger partial charge in [-0.25, -0.2) is 4.98 Å². The zero-order valence-electron chi connectivity index (χ0n) is 11.8. The van der Waals surface area contributed by atoms with E-state index < -0.39 is 5.97 Å². The van der Waals surface area contributed by atoms with Crippen LogP contribution in [0, 0.1) is 0 Å². The maximum Gasteiger partial charge on any atom is 0.309 e. The minimum Gasteiger partial charge on any atom is -0.481 e. The number of pyridine rings is 1. The van der Waals surface area contributed by atoms with E-state index in [1.54, 1.807) is 12.4 Å². The highest BCUT2D eigenvalue weighted by molar-refractivity contribution is 7.15. The van der Waals surface area contributed by atoms with Crippen LogP contribution in [-0.4, -0.2) is 25.4 Å². The van der Waals surface area contributed by atoms with E-state index in [-0.39, 0.29) is 12.3 Å². The Morgan fingerprint density at radius 3 is 2.90 bits per heavy atom. The van der Waals surface area contributed by atoms with E-state index >= 15 is 0 Å². The SMILES string of the molecule is CC(C)c1nc2scc(-c3cccnc3)n2c1CC(=O)O. The summed E-state index contributed by atoms with van der Waals surface area (Å²) < 4.78 is 1.95. The summed E-state index contributed by atoms with van der Waals surface area (Å²) in [5.41, 5.74) is 3.52. The Labute approximate surface area is 125 Å². The van der Waals surface area contributed by atoms with Crippen molar-refractivity contribution < 1.29 is 9.90 Å². The molecular formula is C15H15N3O2S. The molecule has 1 N–H and O–H groups in total. The van der Waals surface area contributed by atoms with Gasteiger partial charge in [0.2, 0.25) is 0 Å². The minimum absolute atomic E-state index is 0.0291. The van der Waals surface area contributed by atoms with Crippen LogP contribution in [0.25, 0.3) is 16.2 Å². The smallest absolute Gasteiger partial charge is 0.309 e. The van der Waals surface area contributed by atoms with Crippen molar-refractivity contribution in [1.29, 1.82) is 0 Å². The number of hydrogen-bond acceptors (Lipinski definition) is 4. The lowest BCUT2D eigenvalue weighted by atomic mass is 10.1. The Morgan fingerprint density at radius 1 is 1.48 bits per heavy atom. The zero-order chi connectivity index (χ0) is 15.0. The number of carboxylic acids is 1. The van der Waals surface area contributed by atoms with Crippen LogP contribution in [0.2, 0.25) is 0 Å². The molecule has 21 heavy (non-hydrogen) atoms. The Bertz CT molecular complexity index is 790. The summed E-state index contributed by atoms with van der Waals surface area (Å²) >= 11 is 1.52. The molecule has 0 spiro atoms. The van der Waals surface area contributed by atoms with E-state index in [0.717, 1.165) is 27.6 Å². The molecule has 0 atom stereocenters. The number of thiazole rings is 1. The third kappa shape index (κ3) is 2.42. The lowest BCUT2D eigenvalue weighted by molar-refractivity contribution is -0.136. The van der Waals surface area contributed by atoms with E-state index in [0.29, 0.717) is 0 Å². The van der Waals surface area contributed by atoms with Gasteiger partial charge in [0.25, 0.3) is 0 Å². The second kappa shape index (κ2) is 5.29. The Morgan fingerprint density at radius 2 is 2.29 bits per heavy atom. The van der Waals surface area contributed by atoms with Gasteiger partial charge in [-0.05, 0) is 18.1 Å². The number of hydrogen-bond donors (Lipinski definition) is 1. The normalized spacial score (nSPS) is 11.4. The molecule has 5 nitrogen and oxygen atoms in total. The molecule has 0 saturated heterocycles. The van der Waals surface area contributed by atoms with E-state index in [9.17, 15) is 9.90 Å². The molecule has 0 aromatic carbocycles. The van der Waals surface area contributed by atoms with Crippen LogP contribution in [0.1, 0.15) is 31.2 Å². The van der Waals surface area contributed by atoms with Crippen molar-refractivity contribution in [3.8, 4) is 11.3 Å². The molecule has 3 rings (SSSR count). The zero-order valence-corrected chi connectivity index (χ0v) is 12.6. The van der Waals surface area contributed by atoms with E-state index in [4.69, 9.17) is 0 Å². The second-order valence-electron chi connectivity index (χ2n) is 5.15. The molecule has 0 aliphatic carbocycles. The lowest BCUT2D eigenvalue weighted by Crippen LogP contribution is -2.07. The quantitative estimate of drug-likeness (QED) is 0.803.